The molecule has 1 N–H and O–H groups in total. The first-order chi connectivity index (χ1) is 18.7. The summed E-state index contributed by atoms with van der Waals surface area (Å²) in [6, 6.07) is 0. The average Bonchev–Trinajstić information content (AvgIpc) is 3.38. The summed E-state index contributed by atoms with van der Waals surface area (Å²) in [5.74, 6) is -2.85. The van der Waals surface area contributed by atoms with Crippen molar-refractivity contribution < 1.29 is 56.4 Å². The van der Waals surface area contributed by atoms with Crippen molar-refractivity contribution in [3.63, 3.8) is 0 Å². The predicted octanol–water partition coefficient (Wildman–Crippen LogP) is -1.20. The van der Waals surface area contributed by atoms with Gasteiger partial charge in [-0.3, -0.25) is 28.9 Å². The summed E-state index contributed by atoms with van der Waals surface area (Å²) in [5.41, 5.74) is 0. The Hall–Kier alpha value is -2.41. The van der Waals surface area contributed by atoms with E-state index in [9.17, 15) is 28.8 Å². The quantitative estimate of drug-likeness (QED) is 0.107. The molecule has 0 aliphatic carbocycles. The number of ether oxygens (including phenoxy) is 2. The van der Waals surface area contributed by atoms with Gasteiger partial charge < -0.3 is 32.9 Å². The molecule has 15 nitrogen and oxygen atoms in total. The standard InChI is InChI=1S/C22H35N3O12SSi/c1-32-39(33-2,34-3)15-38-16-14-20(29)24(22(16)31)9-6-17(26)23-8-11-36-13-12-35-10-7-21(30)37-25-18(27)4-5-19(25)28/h16H,4-15H2,1-3H3,(H,23,26). The molecule has 1 atom stereocenters. The van der Waals surface area contributed by atoms with Crippen molar-refractivity contribution >= 4 is 56.1 Å². The van der Waals surface area contributed by atoms with Gasteiger partial charge in [-0.25, -0.2) is 4.79 Å². The number of nitrogens with one attached hydrogen (secondary N) is 1. The van der Waals surface area contributed by atoms with Crippen LogP contribution in [0.25, 0.3) is 0 Å². The molecule has 2 saturated heterocycles. The fraction of sp³-hybridized carbons (Fsp3) is 0.727. The Morgan fingerprint density at radius 3 is 2.13 bits per heavy atom. The molecule has 2 heterocycles. The summed E-state index contributed by atoms with van der Waals surface area (Å²) in [4.78, 5) is 77.2. The van der Waals surface area contributed by atoms with Gasteiger partial charge in [0.05, 0.1) is 43.5 Å². The van der Waals surface area contributed by atoms with E-state index in [1.54, 1.807) is 0 Å². The van der Waals surface area contributed by atoms with E-state index < -0.39 is 31.8 Å². The monoisotopic (exact) mass is 593 g/mol. The van der Waals surface area contributed by atoms with Gasteiger partial charge in [-0.1, -0.05) is 0 Å². The van der Waals surface area contributed by atoms with E-state index in [2.05, 4.69) is 5.32 Å². The second-order valence-electron chi connectivity index (χ2n) is 8.30. The Morgan fingerprint density at radius 2 is 1.51 bits per heavy atom. The van der Waals surface area contributed by atoms with E-state index in [4.69, 9.17) is 27.6 Å². The Morgan fingerprint density at radius 1 is 0.897 bits per heavy atom. The molecular weight excluding hydrogens is 558 g/mol. The molecule has 2 aliphatic rings. The van der Waals surface area contributed by atoms with Gasteiger partial charge >= 0.3 is 14.8 Å². The lowest BCUT2D eigenvalue weighted by Crippen LogP contribution is -2.47. The average molecular weight is 594 g/mol. The fourth-order valence-corrected chi connectivity index (χ4v) is 7.56. The second kappa shape index (κ2) is 16.6. The number of nitrogens with zero attached hydrogens (tertiary/aromatic N) is 2. The van der Waals surface area contributed by atoms with Crippen LogP contribution in [0.15, 0.2) is 0 Å². The van der Waals surface area contributed by atoms with Gasteiger partial charge in [0.25, 0.3) is 11.8 Å². The van der Waals surface area contributed by atoms with E-state index in [1.807, 2.05) is 0 Å². The predicted molar refractivity (Wildman–Crippen MR) is 135 cm³/mol. The van der Waals surface area contributed by atoms with E-state index in [0.29, 0.717) is 10.4 Å². The van der Waals surface area contributed by atoms with Crippen LogP contribution in [0.1, 0.15) is 32.1 Å². The molecule has 0 aromatic carbocycles. The van der Waals surface area contributed by atoms with Crippen molar-refractivity contribution in [3.05, 3.63) is 0 Å². The molecule has 2 rings (SSSR count). The molecule has 0 aromatic heterocycles. The summed E-state index contributed by atoms with van der Waals surface area (Å²) in [5, 5.41) is 2.87. The van der Waals surface area contributed by atoms with Gasteiger partial charge in [-0.2, -0.15) is 0 Å². The second-order valence-corrected chi connectivity index (χ2v) is 13.0. The third kappa shape index (κ3) is 10.2. The maximum Gasteiger partial charge on any atom is 0.510 e. The van der Waals surface area contributed by atoms with Crippen molar-refractivity contribution in [2.75, 3.05) is 66.2 Å². The van der Waals surface area contributed by atoms with Crippen molar-refractivity contribution in [3.8, 4) is 0 Å². The molecule has 0 saturated carbocycles. The lowest BCUT2D eigenvalue weighted by Gasteiger charge is -2.24. The third-order valence-corrected chi connectivity index (χ3v) is 10.5. The van der Waals surface area contributed by atoms with Crippen molar-refractivity contribution in [2.45, 2.75) is 37.4 Å². The topological polar surface area (TPSA) is 176 Å². The number of imide groups is 2. The van der Waals surface area contributed by atoms with Crippen LogP contribution in [0.3, 0.4) is 0 Å². The maximum atomic E-state index is 12.6. The third-order valence-electron chi connectivity index (χ3n) is 5.75. The zero-order chi connectivity index (χ0) is 28.8. The number of hydroxylamine groups is 2. The summed E-state index contributed by atoms with van der Waals surface area (Å²) in [7, 11) is 1.53. The number of thioether (sulfide) groups is 1. The minimum atomic E-state index is -2.89. The molecule has 0 radical (unpaired) electrons. The van der Waals surface area contributed by atoms with Gasteiger partial charge in [0.1, 0.15) is 0 Å². The first kappa shape index (κ1) is 32.8. The molecule has 17 heteroatoms. The van der Waals surface area contributed by atoms with Crippen molar-refractivity contribution in [1.29, 1.82) is 0 Å². The van der Waals surface area contributed by atoms with Crippen LogP contribution in [0.2, 0.25) is 0 Å². The van der Waals surface area contributed by atoms with Crippen LogP contribution < -0.4 is 5.32 Å². The minimum absolute atomic E-state index is 0.0147. The largest absolute Gasteiger partial charge is 0.510 e. The number of hydrogen-bond acceptors (Lipinski definition) is 13. The molecule has 39 heavy (non-hydrogen) atoms. The van der Waals surface area contributed by atoms with E-state index >= 15 is 0 Å². The lowest BCUT2D eigenvalue weighted by atomic mass is 10.3. The highest BCUT2D eigenvalue weighted by molar-refractivity contribution is 8.02. The SMILES string of the molecule is CO[Si](CSC1CC(=O)N(CCC(=O)NCCOCCOCCC(=O)ON2C(=O)CCC2=O)C1=O)(OC)OC. The van der Waals surface area contributed by atoms with Crippen LogP contribution in [0, 0.1) is 0 Å². The molecule has 2 aliphatic heterocycles. The first-order valence-electron chi connectivity index (χ1n) is 12.3. The normalized spacial score (nSPS) is 17.9. The number of carbonyl (C=O) groups is 6. The van der Waals surface area contributed by atoms with Gasteiger partial charge in [-0.15, -0.1) is 16.8 Å². The summed E-state index contributed by atoms with van der Waals surface area (Å²) >= 11 is 1.25. The molecule has 220 valence electrons. The molecule has 0 aromatic rings. The minimum Gasteiger partial charge on any atom is -0.378 e. The van der Waals surface area contributed by atoms with Gasteiger partial charge in [0.15, 0.2) is 0 Å². The molecule has 2 fully saturated rings. The zero-order valence-electron chi connectivity index (χ0n) is 22.3. The van der Waals surface area contributed by atoms with Gasteiger partial charge in [0, 0.05) is 60.1 Å². The van der Waals surface area contributed by atoms with Crippen molar-refractivity contribution in [1.82, 2.24) is 15.3 Å². The number of carbonyl (C=O) groups excluding carboxylic acids is 6. The Labute approximate surface area is 231 Å². The number of likely N-dealkylation sites (tertiary alicyclic amines) is 1. The van der Waals surface area contributed by atoms with Crippen LogP contribution in [-0.2, 0) is 56.4 Å². The van der Waals surface area contributed by atoms with E-state index in [0.717, 1.165) is 4.90 Å². The number of amides is 5. The number of hydrogen-bond donors (Lipinski definition) is 1. The molecule has 0 bridgehead atoms. The van der Waals surface area contributed by atoms with Crippen LogP contribution in [0.5, 0.6) is 0 Å². The summed E-state index contributed by atoms with van der Waals surface area (Å²) in [6.45, 7) is 0.838. The summed E-state index contributed by atoms with van der Waals surface area (Å²) < 4.78 is 26.6. The number of rotatable bonds is 19. The van der Waals surface area contributed by atoms with Crippen LogP contribution in [-0.4, -0.2) is 126 Å². The molecular formula is C22H35N3O12SSi. The Bertz CT molecular complexity index is 879. The first-order valence-corrected chi connectivity index (χ1v) is 15.2. The van der Waals surface area contributed by atoms with E-state index in [1.165, 1.54) is 33.1 Å². The van der Waals surface area contributed by atoms with Gasteiger partial charge in [-0.05, 0) is 0 Å². The summed E-state index contributed by atoms with van der Waals surface area (Å²) in [6.07, 6.45) is -0.0667. The van der Waals surface area contributed by atoms with Crippen molar-refractivity contribution in [2.24, 2.45) is 0 Å². The lowest BCUT2D eigenvalue weighted by molar-refractivity contribution is -0.198. The molecule has 1 unspecified atom stereocenters. The highest BCUT2D eigenvalue weighted by atomic mass is 32.2. The highest BCUT2D eigenvalue weighted by Crippen LogP contribution is 2.28. The Balaban J connectivity index is 1.50. The fourth-order valence-electron chi connectivity index (χ4n) is 3.49. The van der Waals surface area contributed by atoms with Gasteiger partial charge in [0.2, 0.25) is 17.7 Å². The van der Waals surface area contributed by atoms with Crippen LogP contribution in [0.4, 0.5) is 0 Å². The molecule has 0 spiro atoms. The maximum absolute atomic E-state index is 12.6. The van der Waals surface area contributed by atoms with E-state index in [-0.39, 0.29) is 89.3 Å². The smallest absolute Gasteiger partial charge is 0.378 e. The Kier molecular flexibility index (Phi) is 14.0. The molecule has 5 amide bonds. The zero-order valence-corrected chi connectivity index (χ0v) is 24.1. The van der Waals surface area contributed by atoms with Crippen LogP contribution >= 0.6 is 11.8 Å². The highest BCUT2D eigenvalue weighted by Gasteiger charge is 2.44.